The summed E-state index contributed by atoms with van der Waals surface area (Å²) in [6.07, 6.45) is 1.69. The second kappa shape index (κ2) is 8.23. The maximum atomic E-state index is 12.9. The van der Waals surface area contributed by atoms with E-state index < -0.39 is 20.5 Å². The number of sulfone groups is 1. The van der Waals surface area contributed by atoms with Crippen LogP contribution in [0.5, 0.6) is 0 Å². The number of benzene rings is 1. The first-order valence-corrected chi connectivity index (χ1v) is 9.92. The SMILES string of the molecule is CN(Cc1cccc(Cl)c1Cl)C(=O)C1(S(C)(=O)=O)CCNCC1.Cl. The number of hydrogen-bond acceptors (Lipinski definition) is 4. The molecule has 1 heterocycles. The molecule has 1 aliphatic heterocycles. The van der Waals surface area contributed by atoms with Crippen molar-refractivity contribution in [3.8, 4) is 0 Å². The predicted octanol–water partition coefficient (Wildman–Crippen LogP) is 2.54. The van der Waals surface area contributed by atoms with Gasteiger partial charge in [0.2, 0.25) is 5.91 Å². The van der Waals surface area contributed by atoms with Gasteiger partial charge in [0.15, 0.2) is 14.6 Å². The van der Waals surface area contributed by atoms with Gasteiger partial charge in [-0.15, -0.1) is 12.4 Å². The molecule has 24 heavy (non-hydrogen) atoms. The zero-order valence-electron chi connectivity index (χ0n) is 13.5. The minimum atomic E-state index is -3.53. The van der Waals surface area contributed by atoms with Gasteiger partial charge >= 0.3 is 0 Å². The number of nitrogens with zero attached hydrogens (tertiary/aromatic N) is 1. The minimum absolute atomic E-state index is 0. The first-order valence-electron chi connectivity index (χ1n) is 7.28. The first kappa shape index (κ1) is 21.5. The molecule has 136 valence electrons. The zero-order valence-corrected chi connectivity index (χ0v) is 16.7. The molecule has 1 fully saturated rings. The van der Waals surface area contributed by atoms with Gasteiger partial charge in [-0.05, 0) is 37.6 Å². The number of hydrogen-bond donors (Lipinski definition) is 1. The average Bonchev–Trinajstić information content (AvgIpc) is 2.50. The van der Waals surface area contributed by atoms with Crippen LogP contribution in [0.3, 0.4) is 0 Å². The standard InChI is InChI=1S/C15H20Cl2N2O3S.ClH/c1-19(10-11-4-3-5-12(16)13(11)17)14(20)15(23(2,21)22)6-8-18-9-7-15;/h3-5,18H,6-10H2,1-2H3;1H. The largest absolute Gasteiger partial charge is 0.340 e. The van der Waals surface area contributed by atoms with E-state index >= 15 is 0 Å². The molecule has 1 saturated heterocycles. The topological polar surface area (TPSA) is 66.5 Å². The molecule has 0 atom stereocenters. The van der Waals surface area contributed by atoms with Crippen LogP contribution in [0.25, 0.3) is 0 Å². The van der Waals surface area contributed by atoms with E-state index in [1.807, 2.05) is 0 Å². The third kappa shape index (κ3) is 4.17. The Morgan fingerprint density at radius 2 is 1.88 bits per heavy atom. The molecule has 5 nitrogen and oxygen atoms in total. The Kier molecular flexibility index (Phi) is 7.38. The second-order valence-corrected chi connectivity index (χ2v) is 9.00. The van der Waals surface area contributed by atoms with Crippen LogP contribution in [0.4, 0.5) is 0 Å². The van der Waals surface area contributed by atoms with Gasteiger partial charge < -0.3 is 10.2 Å². The van der Waals surface area contributed by atoms with Crippen LogP contribution in [0.2, 0.25) is 10.0 Å². The highest BCUT2D eigenvalue weighted by Gasteiger charge is 2.49. The summed E-state index contributed by atoms with van der Waals surface area (Å²) >= 11 is 12.1. The van der Waals surface area contributed by atoms with Crippen molar-refractivity contribution in [2.75, 3.05) is 26.4 Å². The number of carbonyl (C=O) groups excluding carboxylic acids is 1. The number of carbonyl (C=O) groups is 1. The Morgan fingerprint density at radius 1 is 1.29 bits per heavy atom. The summed E-state index contributed by atoms with van der Waals surface area (Å²) in [7, 11) is -1.94. The molecule has 0 bridgehead atoms. The van der Waals surface area contributed by atoms with Crippen LogP contribution in [-0.2, 0) is 21.2 Å². The Balaban J connectivity index is 0.00000288. The number of halogens is 3. The van der Waals surface area contributed by atoms with Gasteiger partial charge in [-0.3, -0.25) is 4.79 Å². The quantitative estimate of drug-likeness (QED) is 0.820. The van der Waals surface area contributed by atoms with Crippen LogP contribution < -0.4 is 5.32 Å². The molecule has 1 aliphatic rings. The lowest BCUT2D eigenvalue weighted by atomic mass is 9.95. The van der Waals surface area contributed by atoms with Gasteiger partial charge in [0, 0.05) is 19.8 Å². The van der Waals surface area contributed by atoms with Crippen LogP contribution in [0.15, 0.2) is 18.2 Å². The molecule has 1 N–H and O–H groups in total. The minimum Gasteiger partial charge on any atom is -0.340 e. The van der Waals surface area contributed by atoms with Crippen molar-refractivity contribution >= 4 is 51.4 Å². The highest BCUT2D eigenvalue weighted by atomic mass is 35.5. The summed E-state index contributed by atoms with van der Waals surface area (Å²) in [5.41, 5.74) is 0.688. The zero-order chi connectivity index (χ0) is 17.3. The maximum Gasteiger partial charge on any atom is 0.244 e. The normalized spacial score (nSPS) is 17.0. The van der Waals surface area contributed by atoms with E-state index in [-0.39, 0.29) is 31.8 Å². The lowest BCUT2D eigenvalue weighted by Crippen LogP contribution is -2.57. The molecular weight excluding hydrogens is 395 g/mol. The van der Waals surface area contributed by atoms with E-state index in [1.165, 1.54) is 4.90 Å². The van der Waals surface area contributed by atoms with Crippen molar-refractivity contribution in [2.24, 2.45) is 0 Å². The molecule has 0 spiro atoms. The summed E-state index contributed by atoms with van der Waals surface area (Å²) < 4.78 is 23.2. The van der Waals surface area contributed by atoms with Crippen molar-refractivity contribution in [3.05, 3.63) is 33.8 Å². The maximum absolute atomic E-state index is 12.9. The summed E-state index contributed by atoms with van der Waals surface area (Å²) in [6.45, 7) is 1.22. The van der Waals surface area contributed by atoms with Crippen molar-refractivity contribution in [1.82, 2.24) is 10.2 Å². The molecule has 0 radical (unpaired) electrons. The third-order valence-electron chi connectivity index (χ3n) is 4.30. The fourth-order valence-electron chi connectivity index (χ4n) is 2.92. The van der Waals surface area contributed by atoms with Crippen molar-refractivity contribution in [2.45, 2.75) is 24.1 Å². The van der Waals surface area contributed by atoms with Crippen molar-refractivity contribution in [3.63, 3.8) is 0 Å². The Bertz CT molecular complexity index is 704. The van der Waals surface area contributed by atoms with Gasteiger partial charge in [0.25, 0.3) is 0 Å². The number of piperidine rings is 1. The number of rotatable bonds is 4. The van der Waals surface area contributed by atoms with E-state index in [0.717, 1.165) is 6.26 Å². The van der Waals surface area contributed by atoms with E-state index in [1.54, 1.807) is 25.2 Å². The highest BCUT2D eigenvalue weighted by molar-refractivity contribution is 7.92. The van der Waals surface area contributed by atoms with Gasteiger partial charge in [-0.25, -0.2) is 8.42 Å². The molecular formula is C15H21Cl3N2O3S. The fraction of sp³-hybridized carbons (Fsp3) is 0.533. The number of nitrogens with one attached hydrogen (secondary N) is 1. The summed E-state index contributed by atoms with van der Waals surface area (Å²) in [5.74, 6) is -0.391. The van der Waals surface area contributed by atoms with Gasteiger partial charge in [-0.1, -0.05) is 35.3 Å². The fourth-order valence-corrected chi connectivity index (χ4v) is 4.72. The second-order valence-electron chi connectivity index (χ2n) is 5.89. The van der Waals surface area contributed by atoms with Crippen molar-refractivity contribution in [1.29, 1.82) is 0 Å². The average molecular weight is 416 g/mol. The third-order valence-corrected chi connectivity index (χ3v) is 7.16. The monoisotopic (exact) mass is 414 g/mol. The van der Waals surface area contributed by atoms with E-state index in [2.05, 4.69) is 5.32 Å². The molecule has 9 heteroatoms. The van der Waals surface area contributed by atoms with Gasteiger partial charge in [0.05, 0.1) is 10.0 Å². The molecule has 0 unspecified atom stereocenters. The van der Waals surface area contributed by atoms with E-state index in [0.29, 0.717) is 28.7 Å². The Labute approximate surface area is 159 Å². The summed E-state index contributed by atoms with van der Waals surface area (Å²) in [5, 5.41) is 3.89. The van der Waals surface area contributed by atoms with Crippen LogP contribution >= 0.6 is 35.6 Å². The molecule has 0 aromatic heterocycles. The first-order chi connectivity index (χ1) is 10.7. The van der Waals surface area contributed by atoms with Crippen LogP contribution in [-0.4, -0.2) is 50.4 Å². The Hall–Kier alpha value is -0.530. The van der Waals surface area contributed by atoms with E-state index in [9.17, 15) is 13.2 Å². The molecule has 1 aromatic carbocycles. The van der Waals surface area contributed by atoms with Gasteiger partial charge in [-0.2, -0.15) is 0 Å². The predicted molar refractivity (Wildman–Crippen MR) is 99.9 cm³/mol. The summed E-state index contributed by atoms with van der Waals surface area (Å²) in [4.78, 5) is 14.3. The number of amides is 1. The lowest BCUT2D eigenvalue weighted by Gasteiger charge is -2.37. The summed E-state index contributed by atoms with van der Waals surface area (Å²) in [6, 6.07) is 5.19. The van der Waals surface area contributed by atoms with E-state index in [4.69, 9.17) is 23.2 Å². The van der Waals surface area contributed by atoms with Crippen molar-refractivity contribution < 1.29 is 13.2 Å². The van der Waals surface area contributed by atoms with Gasteiger partial charge in [0.1, 0.15) is 0 Å². The highest BCUT2D eigenvalue weighted by Crippen LogP contribution is 2.31. The lowest BCUT2D eigenvalue weighted by molar-refractivity contribution is -0.134. The molecule has 1 aromatic rings. The van der Waals surface area contributed by atoms with Crippen LogP contribution in [0, 0.1) is 0 Å². The molecule has 1 amide bonds. The Morgan fingerprint density at radius 3 is 2.42 bits per heavy atom. The van der Waals surface area contributed by atoms with Crippen LogP contribution in [0.1, 0.15) is 18.4 Å². The smallest absolute Gasteiger partial charge is 0.244 e. The molecule has 0 saturated carbocycles. The molecule has 2 rings (SSSR count). The molecule has 0 aliphatic carbocycles.